The molecule has 0 radical (unpaired) electrons. The van der Waals surface area contributed by atoms with E-state index in [0.29, 0.717) is 42.7 Å². The largest absolute Gasteiger partial charge is 0.351 e. The number of nitrogens with one attached hydrogen (secondary N) is 1. The standard InChI is InChI=1S/C19H24FN5O2/c1-12-17(24-16-8-3-2-7-15(16)23-12)18(26)22-9-5-4-6-14(21)19(27)25-10-13(20)11-25/h2-3,7-8,13-14H,4-6,9-11,21H2,1H3,(H,22,26)/t14-/m0/s1. The first-order valence-electron chi connectivity index (χ1n) is 9.15. The summed E-state index contributed by atoms with van der Waals surface area (Å²) in [6.45, 7) is 2.52. The van der Waals surface area contributed by atoms with Crippen LogP contribution in [0.25, 0.3) is 11.0 Å². The number of nitrogens with zero attached hydrogens (tertiary/aromatic N) is 3. The van der Waals surface area contributed by atoms with Crippen LogP contribution in [0.5, 0.6) is 0 Å². The molecule has 1 fully saturated rings. The molecule has 0 saturated carbocycles. The van der Waals surface area contributed by atoms with E-state index in [0.717, 1.165) is 5.52 Å². The van der Waals surface area contributed by atoms with Gasteiger partial charge in [0.15, 0.2) is 0 Å². The number of alkyl halides is 1. The summed E-state index contributed by atoms with van der Waals surface area (Å²) in [7, 11) is 0. The molecule has 2 aromatic rings. The lowest BCUT2D eigenvalue weighted by molar-refractivity contribution is -0.139. The molecule has 1 saturated heterocycles. The van der Waals surface area contributed by atoms with Crippen LogP contribution in [-0.4, -0.2) is 58.5 Å². The van der Waals surface area contributed by atoms with Crippen molar-refractivity contribution in [3.8, 4) is 0 Å². The molecule has 0 unspecified atom stereocenters. The Morgan fingerprint density at radius 3 is 2.59 bits per heavy atom. The van der Waals surface area contributed by atoms with Crippen LogP contribution in [0.1, 0.15) is 35.4 Å². The van der Waals surface area contributed by atoms with Crippen molar-refractivity contribution in [3.63, 3.8) is 0 Å². The summed E-state index contributed by atoms with van der Waals surface area (Å²) < 4.78 is 12.8. The van der Waals surface area contributed by atoms with E-state index in [1.807, 2.05) is 24.3 Å². The Hall–Kier alpha value is -2.61. The van der Waals surface area contributed by atoms with Gasteiger partial charge in [0.05, 0.1) is 35.9 Å². The first-order valence-corrected chi connectivity index (χ1v) is 9.15. The number of amides is 2. The van der Waals surface area contributed by atoms with Gasteiger partial charge >= 0.3 is 0 Å². The highest BCUT2D eigenvalue weighted by Gasteiger charge is 2.32. The number of halogens is 1. The zero-order valence-electron chi connectivity index (χ0n) is 15.3. The lowest BCUT2D eigenvalue weighted by Crippen LogP contribution is -2.56. The van der Waals surface area contributed by atoms with Gasteiger partial charge in [-0.1, -0.05) is 12.1 Å². The summed E-state index contributed by atoms with van der Waals surface area (Å²) in [5.74, 6) is -0.462. The first-order chi connectivity index (χ1) is 13.0. The van der Waals surface area contributed by atoms with Gasteiger partial charge in [0.25, 0.3) is 5.91 Å². The monoisotopic (exact) mass is 373 g/mol. The molecule has 1 aliphatic heterocycles. The van der Waals surface area contributed by atoms with Crippen molar-refractivity contribution in [1.29, 1.82) is 0 Å². The maximum atomic E-state index is 12.8. The van der Waals surface area contributed by atoms with Crippen molar-refractivity contribution < 1.29 is 14.0 Å². The van der Waals surface area contributed by atoms with Crippen LogP contribution < -0.4 is 11.1 Å². The Morgan fingerprint density at radius 1 is 1.26 bits per heavy atom. The lowest BCUT2D eigenvalue weighted by atomic mass is 10.1. The Kier molecular flexibility index (Phi) is 5.95. The molecule has 3 N–H and O–H groups in total. The van der Waals surface area contributed by atoms with E-state index >= 15 is 0 Å². The summed E-state index contributed by atoms with van der Waals surface area (Å²) >= 11 is 0. The number of unbranched alkanes of at least 4 members (excludes halogenated alkanes) is 1. The minimum absolute atomic E-state index is 0.148. The van der Waals surface area contributed by atoms with Gasteiger partial charge < -0.3 is 16.0 Å². The van der Waals surface area contributed by atoms with Crippen LogP contribution in [0, 0.1) is 6.92 Å². The minimum atomic E-state index is -0.918. The minimum Gasteiger partial charge on any atom is -0.351 e. The first kappa shape index (κ1) is 19.2. The maximum Gasteiger partial charge on any atom is 0.271 e. The molecule has 1 aromatic carbocycles. The fourth-order valence-electron chi connectivity index (χ4n) is 3.04. The van der Waals surface area contributed by atoms with E-state index in [1.54, 1.807) is 6.92 Å². The van der Waals surface area contributed by atoms with E-state index in [4.69, 9.17) is 5.73 Å². The van der Waals surface area contributed by atoms with Gasteiger partial charge in [-0.05, 0) is 38.3 Å². The zero-order valence-corrected chi connectivity index (χ0v) is 15.3. The third-order valence-electron chi connectivity index (χ3n) is 4.65. The van der Waals surface area contributed by atoms with Crippen LogP contribution in [0.4, 0.5) is 4.39 Å². The predicted octanol–water partition coefficient (Wildman–Crippen LogP) is 1.35. The number of carbonyl (C=O) groups is 2. The highest BCUT2D eigenvalue weighted by Crippen LogP contribution is 2.14. The van der Waals surface area contributed by atoms with Crippen molar-refractivity contribution in [2.45, 2.75) is 38.4 Å². The van der Waals surface area contributed by atoms with E-state index in [1.165, 1.54) is 4.90 Å². The fraction of sp³-hybridized carbons (Fsp3) is 0.474. The summed E-state index contributed by atoms with van der Waals surface area (Å²) in [4.78, 5) is 34.5. The molecule has 2 amide bonds. The van der Waals surface area contributed by atoms with Gasteiger partial charge in [-0.3, -0.25) is 9.59 Å². The van der Waals surface area contributed by atoms with Gasteiger partial charge in [0.1, 0.15) is 11.9 Å². The third-order valence-corrected chi connectivity index (χ3v) is 4.65. The van der Waals surface area contributed by atoms with Crippen molar-refractivity contribution >= 4 is 22.8 Å². The molecule has 0 bridgehead atoms. The molecule has 0 aliphatic carbocycles. The number of benzene rings is 1. The molecule has 7 nitrogen and oxygen atoms in total. The molecule has 0 spiro atoms. The number of hydrogen-bond donors (Lipinski definition) is 2. The normalized spacial score (nSPS) is 15.4. The topological polar surface area (TPSA) is 101 Å². The molecular formula is C19H24FN5O2. The number of aromatic nitrogens is 2. The molecule has 144 valence electrons. The zero-order chi connectivity index (χ0) is 19.4. The summed E-state index contributed by atoms with van der Waals surface area (Å²) in [5, 5.41) is 2.83. The average Bonchev–Trinajstić information content (AvgIpc) is 2.63. The third kappa shape index (κ3) is 4.57. The highest BCUT2D eigenvalue weighted by atomic mass is 19.1. The molecular weight excluding hydrogens is 349 g/mol. The Labute approximate surface area is 157 Å². The van der Waals surface area contributed by atoms with Gasteiger partial charge in [0, 0.05) is 6.54 Å². The van der Waals surface area contributed by atoms with Gasteiger partial charge in [-0.25, -0.2) is 14.4 Å². The smallest absolute Gasteiger partial charge is 0.271 e. The Morgan fingerprint density at radius 2 is 1.93 bits per heavy atom. The number of rotatable bonds is 7. The number of fused-ring (bicyclic) bond motifs is 1. The highest BCUT2D eigenvalue weighted by molar-refractivity contribution is 5.95. The van der Waals surface area contributed by atoms with Crippen LogP contribution in [0.3, 0.4) is 0 Å². The van der Waals surface area contributed by atoms with Crippen molar-refractivity contribution in [3.05, 3.63) is 35.7 Å². The second-order valence-electron chi connectivity index (χ2n) is 6.85. The quantitative estimate of drug-likeness (QED) is 0.714. The summed E-state index contributed by atoms with van der Waals surface area (Å²) in [6.07, 6.45) is 0.982. The molecule has 1 aliphatic rings. The molecule has 8 heteroatoms. The molecule has 1 atom stereocenters. The average molecular weight is 373 g/mol. The molecule has 27 heavy (non-hydrogen) atoms. The fourth-order valence-corrected chi connectivity index (χ4v) is 3.04. The SMILES string of the molecule is Cc1nc2ccccc2nc1C(=O)NCCCC[C@H](N)C(=O)N1CC(F)C1. The summed E-state index contributed by atoms with van der Waals surface area (Å²) in [6, 6.07) is 6.80. The van der Waals surface area contributed by atoms with Gasteiger partial charge in [0.2, 0.25) is 5.91 Å². The second kappa shape index (κ2) is 8.39. The van der Waals surface area contributed by atoms with Crippen LogP contribution in [0.2, 0.25) is 0 Å². The number of carbonyl (C=O) groups excluding carboxylic acids is 2. The van der Waals surface area contributed by atoms with Crippen LogP contribution >= 0.6 is 0 Å². The molecule has 1 aromatic heterocycles. The Bertz CT molecular complexity index is 838. The maximum absolute atomic E-state index is 12.8. The number of likely N-dealkylation sites (tertiary alicyclic amines) is 1. The van der Waals surface area contributed by atoms with Crippen molar-refractivity contribution in [2.24, 2.45) is 5.73 Å². The van der Waals surface area contributed by atoms with E-state index in [-0.39, 0.29) is 24.9 Å². The predicted molar refractivity (Wildman–Crippen MR) is 99.9 cm³/mol. The number of aryl methyl sites for hydroxylation is 1. The van der Waals surface area contributed by atoms with Crippen LogP contribution in [0.15, 0.2) is 24.3 Å². The molecule has 3 rings (SSSR count). The van der Waals surface area contributed by atoms with Crippen molar-refractivity contribution in [2.75, 3.05) is 19.6 Å². The summed E-state index contributed by atoms with van der Waals surface area (Å²) in [5.41, 5.74) is 8.20. The second-order valence-corrected chi connectivity index (χ2v) is 6.85. The van der Waals surface area contributed by atoms with E-state index in [2.05, 4.69) is 15.3 Å². The van der Waals surface area contributed by atoms with E-state index in [9.17, 15) is 14.0 Å². The van der Waals surface area contributed by atoms with E-state index < -0.39 is 12.2 Å². The molecule has 2 heterocycles. The van der Waals surface area contributed by atoms with Crippen molar-refractivity contribution in [1.82, 2.24) is 20.2 Å². The number of nitrogens with two attached hydrogens (primary N) is 1. The van der Waals surface area contributed by atoms with Gasteiger partial charge in [-0.15, -0.1) is 0 Å². The number of hydrogen-bond acceptors (Lipinski definition) is 5. The van der Waals surface area contributed by atoms with Gasteiger partial charge in [-0.2, -0.15) is 0 Å². The Balaban J connectivity index is 1.42. The van der Waals surface area contributed by atoms with Crippen LogP contribution in [-0.2, 0) is 4.79 Å². The lowest BCUT2D eigenvalue weighted by Gasteiger charge is -2.36. The number of para-hydroxylation sites is 2.